The van der Waals surface area contributed by atoms with E-state index in [4.69, 9.17) is 22.0 Å². The number of rotatable bonds is 11. The predicted molar refractivity (Wildman–Crippen MR) is 159 cm³/mol. The van der Waals surface area contributed by atoms with Crippen molar-refractivity contribution in [2.45, 2.75) is 65.3 Å². The van der Waals surface area contributed by atoms with E-state index < -0.39 is 11.9 Å². The standard InChI is InChI=1S/C30H38ClFN4S/c1-6-12-26(33)28-27(8-3)36(19-34-20(4)22-13-10-9-11-14-22)30(21(5)37-17-7-2)35-29(28)23-15-16-24(31)25(32)18-23/h6-7,12,15-18,22,29,33-34H,4-5,8-11,13-14,19H2,1-3H3/b12-6-,17-7-,33-26?/t29-/m0/s1. The first kappa shape index (κ1) is 29.0. The topological polar surface area (TPSA) is 51.5 Å². The Morgan fingerprint density at radius 3 is 2.59 bits per heavy atom. The van der Waals surface area contributed by atoms with Crippen molar-refractivity contribution in [2.24, 2.45) is 10.9 Å². The van der Waals surface area contributed by atoms with Crippen LogP contribution in [0, 0.1) is 17.1 Å². The number of thioether (sulfide) groups is 1. The summed E-state index contributed by atoms with van der Waals surface area (Å²) in [6.45, 7) is 15.1. The molecule has 2 aliphatic rings. The summed E-state index contributed by atoms with van der Waals surface area (Å²) in [7, 11) is 0. The predicted octanol–water partition coefficient (Wildman–Crippen LogP) is 8.92. The molecule has 1 heterocycles. The number of hydrogen-bond donors (Lipinski definition) is 2. The van der Waals surface area contributed by atoms with Gasteiger partial charge >= 0.3 is 0 Å². The van der Waals surface area contributed by atoms with Gasteiger partial charge in [-0.2, -0.15) is 0 Å². The molecule has 0 radical (unpaired) electrons. The normalized spacial score (nSPS) is 19.0. The number of nitrogens with one attached hydrogen (secondary N) is 2. The van der Waals surface area contributed by atoms with Gasteiger partial charge in [-0.15, -0.1) is 0 Å². The van der Waals surface area contributed by atoms with E-state index in [1.165, 1.54) is 37.1 Å². The molecule has 1 atom stereocenters. The van der Waals surface area contributed by atoms with Crippen LogP contribution < -0.4 is 5.32 Å². The van der Waals surface area contributed by atoms with Crippen LogP contribution in [0.3, 0.4) is 0 Å². The maximum atomic E-state index is 14.5. The average Bonchev–Trinajstić information content (AvgIpc) is 2.91. The Kier molecular flexibility index (Phi) is 10.8. The molecule has 0 spiro atoms. The molecule has 1 aromatic carbocycles. The van der Waals surface area contributed by atoms with Crippen molar-refractivity contribution < 1.29 is 4.39 Å². The summed E-state index contributed by atoms with van der Waals surface area (Å²) >= 11 is 7.49. The van der Waals surface area contributed by atoms with E-state index in [-0.39, 0.29) is 5.02 Å². The number of amidine groups is 1. The lowest BCUT2D eigenvalue weighted by atomic mass is 9.87. The summed E-state index contributed by atoms with van der Waals surface area (Å²) in [6.07, 6.45) is 12.3. The Morgan fingerprint density at radius 2 is 1.97 bits per heavy atom. The van der Waals surface area contributed by atoms with E-state index in [1.807, 2.05) is 31.4 Å². The molecule has 0 amide bonds. The van der Waals surface area contributed by atoms with Crippen LogP contribution in [-0.2, 0) is 0 Å². The van der Waals surface area contributed by atoms with Crippen LogP contribution in [0.4, 0.5) is 4.39 Å². The quantitative estimate of drug-likeness (QED) is 0.275. The van der Waals surface area contributed by atoms with Crippen LogP contribution in [0.5, 0.6) is 0 Å². The van der Waals surface area contributed by atoms with Crippen molar-refractivity contribution in [3.63, 3.8) is 0 Å². The zero-order valence-electron chi connectivity index (χ0n) is 22.1. The van der Waals surface area contributed by atoms with Gasteiger partial charge in [-0.3, -0.25) is 4.99 Å². The van der Waals surface area contributed by atoms with Gasteiger partial charge in [0.15, 0.2) is 0 Å². The van der Waals surface area contributed by atoms with Gasteiger partial charge in [0.05, 0.1) is 17.4 Å². The largest absolute Gasteiger partial charge is 0.371 e. The van der Waals surface area contributed by atoms with Crippen LogP contribution in [0.2, 0.25) is 5.02 Å². The van der Waals surface area contributed by atoms with Gasteiger partial charge in [-0.25, -0.2) is 4.39 Å². The molecule has 0 bridgehead atoms. The second kappa shape index (κ2) is 13.8. The fourth-order valence-corrected chi connectivity index (χ4v) is 5.61. The summed E-state index contributed by atoms with van der Waals surface area (Å²) in [6, 6.07) is 4.20. The SMILES string of the molecule is C=C(S/C=C\C)C1=N[C@@H](c2ccc(Cl)c(F)c2)C(C(=N)/C=C\C)=C(CC)N1CNC(=C)C1CCCCC1. The highest BCUT2D eigenvalue weighted by Crippen LogP contribution is 2.39. The summed E-state index contributed by atoms with van der Waals surface area (Å²) < 4.78 is 14.5. The summed E-state index contributed by atoms with van der Waals surface area (Å²) in [5.74, 6) is 0.682. The first-order valence-corrected chi connectivity index (χ1v) is 14.2. The highest BCUT2D eigenvalue weighted by molar-refractivity contribution is 8.06. The molecule has 198 valence electrons. The van der Waals surface area contributed by atoms with Gasteiger partial charge in [0.1, 0.15) is 17.7 Å². The third kappa shape index (κ3) is 7.05. The smallest absolute Gasteiger partial charge is 0.143 e. The molecule has 1 aromatic rings. The minimum Gasteiger partial charge on any atom is -0.371 e. The molecule has 0 aromatic heterocycles. The first-order valence-electron chi connectivity index (χ1n) is 13.0. The number of halogens is 2. The van der Waals surface area contributed by atoms with Crippen LogP contribution in [-0.4, -0.2) is 23.1 Å². The Balaban J connectivity index is 2.09. The van der Waals surface area contributed by atoms with Crippen molar-refractivity contribution in [1.82, 2.24) is 10.2 Å². The molecule has 37 heavy (non-hydrogen) atoms. The highest BCUT2D eigenvalue weighted by Gasteiger charge is 2.33. The number of nitrogens with zero attached hydrogens (tertiary/aromatic N) is 2. The Bertz CT molecular complexity index is 1140. The molecular formula is C30H38ClFN4S. The second-order valence-electron chi connectivity index (χ2n) is 9.29. The Labute approximate surface area is 230 Å². The highest BCUT2D eigenvalue weighted by atomic mass is 35.5. The maximum absolute atomic E-state index is 14.5. The van der Waals surface area contributed by atoms with Gasteiger partial charge in [0.2, 0.25) is 0 Å². The van der Waals surface area contributed by atoms with Crippen molar-refractivity contribution in [3.05, 3.63) is 93.3 Å². The minimum absolute atomic E-state index is 0.0636. The number of aliphatic imine (C=N–C) groups is 1. The third-order valence-corrected chi connectivity index (χ3v) is 7.97. The van der Waals surface area contributed by atoms with Gasteiger partial charge in [-0.05, 0) is 68.2 Å². The fraction of sp³-hybridized carbons (Fsp3) is 0.400. The Hall–Kier alpha value is -2.57. The van der Waals surface area contributed by atoms with Gasteiger partial charge in [0, 0.05) is 21.9 Å². The zero-order chi connectivity index (χ0) is 26.9. The molecule has 0 saturated heterocycles. The monoisotopic (exact) mass is 540 g/mol. The van der Waals surface area contributed by atoms with Crippen LogP contribution in [0.1, 0.15) is 70.9 Å². The molecule has 3 rings (SSSR count). The lowest BCUT2D eigenvalue weighted by Gasteiger charge is -2.38. The number of hydrogen-bond acceptors (Lipinski definition) is 5. The van der Waals surface area contributed by atoms with Crippen LogP contribution in [0.25, 0.3) is 0 Å². The third-order valence-electron chi connectivity index (χ3n) is 6.79. The van der Waals surface area contributed by atoms with Crippen molar-refractivity contribution in [1.29, 1.82) is 5.41 Å². The van der Waals surface area contributed by atoms with Crippen molar-refractivity contribution in [3.8, 4) is 0 Å². The molecular weight excluding hydrogens is 503 g/mol. The van der Waals surface area contributed by atoms with Crippen LogP contribution >= 0.6 is 23.4 Å². The summed E-state index contributed by atoms with van der Waals surface area (Å²) in [4.78, 5) is 8.00. The van der Waals surface area contributed by atoms with E-state index in [1.54, 1.807) is 18.2 Å². The minimum atomic E-state index is -0.554. The van der Waals surface area contributed by atoms with Crippen molar-refractivity contribution in [2.75, 3.05) is 6.67 Å². The fourth-order valence-electron chi connectivity index (χ4n) is 4.92. The van der Waals surface area contributed by atoms with Gasteiger partial charge in [-0.1, -0.05) is 80.9 Å². The van der Waals surface area contributed by atoms with E-state index in [9.17, 15) is 4.39 Å². The zero-order valence-corrected chi connectivity index (χ0v) is 23.7. The van der Waals surface area contributed by atoms with E-state index >= 15 is 0 Å². The summed E-state index contributed by atoms with van der Waals surface area (Å²) in [5, 5.41) is 14.5. The molecule has 1 fully saturated rings. The van der Waals surface area contributed by atoms with E-state index in [0.29, 0.717) is 36.1 Å². The van der Waals surface area contributed by atoms with Crippen molar-refractivity contribution >= 4 is 34.9 Å². The number of benzene rings is 1. The maximum Gasteiger partial charge on any atom is 0.143 e. The molecule has 2 N–H and O–H groups in total. The van der Waals surface area contributed by atoms with Crippen LogP contribution in [0.15, 0.2) is 81.9 Å². The second-order valence-corrected chi connectivity index (χ2v) is 10.7. The molecule has 0 unspecified atom stereocenters. The lowest BCUT2D eigenvalue weighted by Crippen LogP contribution is -2.43. The Morgan fingerprint density at radius 1 is 1.24 bits per heavy atom. The van der Waals surface area contributed by atoms with Gasteiger partial charge < -0.3 is 15.6 Å². The first-order chi connectivity index (χ1) is 17.8. The van der Waals surface area contributed by atoms with Gasteiger partial charge in [0.25, 0.3) is 0 Å². The molecule has 1 saturated carbocycles. The molecule has 4 nitrogen and oxygen atoms in total. The average molecular weight is 541 g/mol. The summed E-state index contributed by atoms with van der Waals surface area (Å²) in [5.41, 5.74) is 3.76. The molecule has 1 aliphatic heterocycles. The van der Waals surface area contributed by atoms with E-state index in [0.717, 1.165) is 34.7 Å². The molecule has 1 aliphatic carbocycles. The van der Waals surface area contributed by atoms with E-state index in [2.05, 4.69) is 30.3 Å². The lowest BCUT2D eigenvalue weighted by molar-refractivity contribution is 0.366. The number of allylic oxidation sites excluding steroid dienone is 5. The molecule has 7 heteroatoms.